The third-order valence-corrected chi connectivity index (χ3v) is 4.59. The Labute approximate surface area is 139 Å². The smallest absolute Gasteiger partial charge is 0.213 e. The van der Waals surface area contributed by atoms with Gasteiger partial charge in [-0.15, -0.1) is 24.0 Å². The van der Waals surface area contributed by atoms with Crippen LogP contribution in [0, 0.1) is 5.92 Å². The third kappa shape index (κ3) is 8.25. The van der Waals surface area contributed by atoms with Crippen LogP contribution in [0.2, 0.25) is 0 Å². The van der Waals surface area contributed by atoms with E-state index in [4.69, 9.17) is 0 Å². The van der Waals surface area contributed by atoms with E-state index in [1.54, 1.807) is 7.05 Å². The highest BCUT2D eigenvalue weighted by molar-refractivity contribution is 14.0. The molecule has 0 aromatic carbocycles. The third-order valence-electron chi connectivity index (χ3n) is 3.25. The van der Waals surface area contributed by atoms with Crippen molar-refractivity contribution in [3.8, 4) is 0 Å². The van der Waals surface area contributed by atoms with Crippen LogP contribution >= 0.6 is 24.0 Å². The average molecular weight is 418 g/mol. The maximum atomic E-state index is 11.7. The Morgan fingerprint density at radius 2 is 1.90 bits per heavy atom. The van der Waals surface area contributed by atoms with Gasteiger partial charge in [0, 0.05) is 26.7 Å². The van der Waals surface area contributed by atoms with Crippen LogP contribution in [-0.2, 0) is 10.0 Å². The molecule has 0 saturated heterocycles. The average Bonchev–Trinajstić information content (AvgIpc) is 2.31. The Morgan fingerprint density at radius 3 is 2.40 bits per heavy atom. The summed E-state index contributed by atoms with van der Waals surface area (Å²) in [6.45, 7) is 3.84. The number of sulfonamides is 1. The summed E-state index contributed by atoms with van der Waals surface area (Å²) in [4.78, 5) is 4.02. The molecule has 0 atom stereocenters. The summed E-state index contributed by atoms with van der Waals surface area (Å²) in [5.74, 6) is 1.27. The van der Waals surface area contributed by atoms with Crippen LogP contribution < -0.4 is 15.4 Å². The fourth-order valence-electron chi connectivity index (χ4n) is 1.78. The highest BCUT2D eigenvalue weighted by Gasteiger charge is 2.19. The van der Waals surface area contributed by atoms with E-state index in [9.17, 15) is 8.42 Å². The van der Waals surface area contributed by atoms with E-state index >= 15 is 0 Å². The molecule has 3 N–H and O–H groups in total. The lowest BCUT2D eigenvalue weighted by Gasteiger charge is -2.25. The Kier molecular flexibility index (Phi) is 10.6. The van der Waals surface area contributed by atoms with E-state index in [1.165, 1.54) is 6.42 Å². The Bertz CT molecular complexity index is 383. The summed E-state index contributed by atoms with van der Waals surface area (Å²) in [6, 6.07) is 0. The van der Waals surface area contributed by atoms with E-state index in [0.29, 0.717) is 25.0 Å². The number of nitrogens with one attached hydrogen (secondary N) is 3. The molecule has 8 heteroatoms. The summed E-state index contributed by atoms with van der Waals surface area (Å²) in [5, 5.41) is 6.09. The van der Waals surface area contributed by atoms with Crippen molar-refractivity contribution < 1.29 is 8.42 Å². The monoisotopic (exact) mass is 418 g/mol. The Balaban J connectivity index is 0.00000361. The first-order chi connectivity index (χ1) is 9.07. The standard InChI is InChI=1S/C12H26N4O2S.HI/c1-3-7-14-12(13-2)15-8-9-19(17,18)16-10-11-5-4-6-11;/h11,16H,3-10H2,1-2H3,(H2,13,14,15);1H. The highest BCUT2D eigenvalue weighted by Crippen LogP contribution is 2.25. The zero-order chi connectivity index (χ0) is 14.1. The summed E-state index contributed by atoms with van der Waals surface area (Å²) >= 11 is 0. The zero-order valence-corrected chi connectivity index (χ0v) is 15.5. The molecule has 0 unspecified atom stereocenters. The molecule has 0 heterocycles. The highest BCUT2D eigenvalue weighted by atomic mass is 127. The summed E-state index contributed by atoms with van der Waals surface area (Å²) in [6.07, 6.45) is 4.53. The van der Waals surface area contributed by atoms with Gasteiger partial charge in [0.25, 0.3) is 0 Å². The van der Waals surface area contributed by atoms with E-state index in [2.05, 4.69) is 27.3 Å². The maximum Gasteiger partial charge on any atom is 0.213 e. The lowest BCUT2D eigenvalue weighted by Crippen LogP contribution is -2.42. The molecule has 0 spiro atoms. The lowest BCUT2D eigenvalue weighted by atomic mass is 9.86. The van der Waals surface area contributed by atoms with Gasteiger partial charge in [-0.05, 0) is 25.2 Å². The number of guanidine groups is 1. The van der Waals surface area contributed by atoms with E-state index < -0.39 is 10.0 Å². The molecule has 1 aliphatic rings. The molecule has 20 heavy (non-hydrogen) atoms. The number of aliphatic imine (C=N–C) groups is 1. The second-order valence-electron chi connectivity index (χ2n) is 4.89. The first-order valence-corrected chi connectivity index (χ1v) is 8.64. The fraction of sp³-hybridized carbons (Fsp3) is 0.917. The van der Waals surface area contributed by atoms with Crippen LogP contribution in [0.1, 0.15) is 32.6 Å². The molecule has 120 valence electrons. The minimum Gasteiger partial charge on any atom is -0.356 e. The van der Waals surface area contributed by atoms with Crippen molar-refractivity contribution >= 4 is 40.0 Å². The van der Waals surface area contributed by atoms with Crippen molar-refractivity contribution in [2.45, 2.75) is 32.6 Å². The molecule has 0 radical (unpaired) electrons. The second kappa shape index (κ2) is 10.6. The summed E-state index contributed by atoms with van der Waals surface area (Å²) in [7, 11) is -1.50. The second-order valence-corrected chi connectivity index (χ2v) is 6.82. The van der Waals surface area contributed by atoms with Gasteiger partial charge in [0.15, 0.2) is 5.96 Å². The van der Waals surface area contributed by atoms with E-state index in [0.717, 1.165) is 25.8 Å². The van der Waals surface area contributed by atoms with Gasteiger partial charge < -0.3 is 10.6 Å². The first-order valence-electron chi connectivity index (χ1n) is 6.99. The van der Waals surface area contributed by atoms with Crippen LogP contribution in [0.15, 0.2) is 4.99 Å². The molecule has 1 aliphatic carbocycles. The van der Waals surface area contributed by atoms with Gasteiger partial charge in [0.1, 0.15) is 0 Å². The molecule has 0 bridgehead atoms. The van der Waals surface area contributed by atoms with Crippen molar-refractivity contribution in [2.75, 3.05) is 32.4 Å². The number of halogens is 1. The van der Waals surface area contributed by atoms with Crippen molar-refractivity contribution in [3.63, 3.8) is 0 Å². The lowest BCUT2D eigenvalue weighted by molar-refractivity contribution is 0.316. The van der Waals surface area contributed by atoms with Gasteiger partial charge in [-0.1, -0.05) is 13.3 Å². The molecular formula is C12H27IN4O2S. The number of rotatable bonds is 8. The predicted molar refractivity (Wildman–Crippen MR) is 94.2 cm³/mol. The number of hydrogen-bond donors (Lipinski definition) is 3. The molecule has 1 rings (SSSR count). The van der Waals surface area contributed by atoms with Crippen molar-refractivity contribution in [1.82, 2.24) is 15.4 Å². The normalized spacial score (nSPS) is 16.2. The number of nitrogens with zero attached hydrogens (tertiary/aromatic N) is 1. The molecule has 0 amide bonds. The molecule has 0 aliphatic heterocycles. The van der Waals surface area contributed by atoms with E-state index in [-0.39, 0.29) is 29.7 Å². The summed E-state index contributed by atoms with van der Waals surface area (Å²) < 4.78 is 26.2. The van der Waals surface area contributed by atoms with Crippen molar-refractivity contribution in [1.29, 1.82) is 0 Å². The van der Waals surface area contributed by atoms with E-state index in [1.807, 2.05) is 0 Å². The fourth-order valence-corrected chi connectivity index (χ4v) is 2.79. The van der Waals surface area contributed by atoms with Crippen molar-refractivity contribution in [3.05, 3.63) is 0 Å². The van der Waals surface area contributed by atoms with Gasteiger partial charge in [-0.3, -0.25) is 4.99 Å². The topological polar surface area (TPSA) is 82.6 Å². The maximum absolute atomic E-state index is 11.7. The molecule has 0 aromatic rings. The minimum atomic E-state index is -3.17. The number of hydrogen-bond acceptors (Lipinski definition) is 3. The van der Waals surface area contributed by atoms with Gasteiger partial charge in [-0.25, -0.2) is 13.1 Å². The van der Waals surface area contributed by atoms with Crippen LogP contribution in [0.4, 0.5) is 0 Å². The van der Waals surface area contributed by atoms with Crippen LogP contribution in [0.25, 0.3) is 0 Å². The van der Waals surface area contributed by atoms with Crippen LogP contribution in [0.3, 0.4) is 0 Å². The van der Waals surface area contributed by atoms with Gasteiger partial charge in [-0.2, -0.15) is 0 Å². The quantitative estimate of drug-likeness (QED) is 0.311. The van der Waals surface area contributed by atoms with Gasteiger partial charge in [0.05, 0.1) is 5.75 Å². The van der Waals surface area contributed by atoms with Crippen molar-refractivity contribution in [2.24, 2.45) is 10.9 Å². The molecular weight excluding hydrogens is 391 g/mol. The predicted octanol–water partition coefficient (Wildman–Crippen LogP) is 0.899. The van der Waals surface area contributed by atoms with Crippen LogP contribution in [-0.4, -0.2) is 46.8 Å². The first kappa shape index (κ1) is 19.9. The summed E-state index contributed by atoms with van der Waals surface area (Å²) in [5.41, 5.74) is 0. The molecule has 1 saturated carbocycles. The van der Waals surface area contributed by atoms with Gasteiger partial charge >= 0.3 is 0 Å². The molecule has 6 nitrogen and oxygen atoms in total. The minimum absolute atomic E-state index is 0. The van der Waals surface area contributed by atoms with Crippen LogP contribution in [0.5, 0.6) is 0 Å². The van der Waals surface area contributed by atoms with Gasteiger partial charge in [0.2, 0.25) is 10.0 Å². The Hall–Kier alpha value is -0.0900. The molecule has 1 fully saturated rings. The zero-order valence-electron chi connectivity index (χ0n) is 12.3. The molecule has 0 aromatic heterocycles. The largest absolute Gasteiger partial charge is 0.356 e. The Morgan fingerprint density at radius 1 is 1.25 bits per heavy atom. The SMILES string of the molecule is CCCNC(=NC)NCCS(=O)(=O)NCC1CCC1.I.